The number of aliphatic imine (C=N–C) groups is 1. The van der Waals surface area contributed by atoms with Crippen molar-refractivity contribution in [3.63, 3.8) is 0 Å². The number of fused-ring (bicyclic) bond motifs is 1. The first-order chi connectivity index (χ1) is 7.74. The summed E-state index contributed by atoms with van der Waals surface area (Å²) in [5, 5.41) is 4.75. The van der Waals surface area contributed by atoms with Crippen molar-refractivity contribution >= 4 is 33.3 Å². The van der Waals surface area contributed by atoms with Crippen LogP contribution < -0.4 is 5.32 Å². The highest BCUT2D eigenvalue weighted by molar-refractivity contribution is 7.17. The summed E-state index contributed by atoms with van der Waals surface area (Å²) in [6.45, 7) is 1.78. The zero-order valence-corrected chi connectivity index (χ0v) is 9.41. The van der Waals surface area contributed by atoms with Gasteiger partial charge in [-0.05, 0) is 24.4 Å². The molecule has 0 radical (unpaired) electrons. The molecule has 0 spiro atoms. The fourth-order valence-corrected chi connectivity index (χ4v) is 2.41. The lowest BCUT2D eigenvalue weighted by molar-refractivity contribution is -0.119. The van der Waals surface area contributed by atoms with Crippen LogP contribution in [0.1, 0.15) is 12.5 Å². The Morgan fingerprint density at radius 2 is 2.38 bits per heavy atom. The normalized spacial score (nSPS) is 19.9. The van der Waals surface area contributed by atoms with Crippen LogP contribution in [0.4, 0.5) is 0 Å². The molecule has 2 aromatic heterocycles. The van der Waals surface area contributed by atoms with Crippen molar-refractivity contribution in [1.29, 1.82) is 0 Å². The summed E-state index contributed by atoms with van der Waals surface area (Å²) >= 11 is 1.63. The molecule has 1 N–H and O–H groups in total. The van der Waals surface area contributed by atoms with E-state index in [1.807, 2.05) is 17.5 Å². The van der Waals surface area contributed by atoms with Gasteiger partial charge in [-0.2, -0.15) is 0 Å². The number of amidine groups is 1. The number of hydrogen-bond acceptors (Lipinski definition) is 4. The van der Waals surface area contributed by atoms with Gasteiger partial charge in [0, 0.05) is 11.8 Å². The van der Waals surface area contributed by atoms with Crippen molar-refractivity contribution in [1.82, 2.24) is 10.3 Å². The van der Waals surface area contributed by atoms with Crippen LogP contribution in [0.3, 0.4) is 0 Å². The van der Waals surface area contributed by atoms with Crippen molar-refractivity contribution in [2.45, 2.75) is 13.0 Å². The van der Waals surface area contributed by atoms with Crippen LogP contribution in [0.25, 0.3) is 10.2 Å². The predicted molar refractivity (Wildman–Crippen MR) is 63.8 cm³/mol. The third kappa shape index (κ3) is 1.40. The molecule has 2 aromatic rings. The van der Waals surface area contributed by atoms with Crippen LogP contribution in [0.2, 0.25) is 0 Å². The minimum atomic E-state index is -0.297. The summed E-state index contributed by atoms with van der Waals surface area (Å²) in [6.07, 6.45) is 1.74. The number of thiophene rings is 1. The van der Waals surface area contributed by atoms with E-state index in [9.17, 15) is 4.79 Å². The average molecular weight is 231 g/mol. The molecule has 0 fully saturated rings. The molecular weight excluding hydrogens is 222 g/mol. The highest BCUT2D eigenvalue weighted by atomic mass is 32.1. The smallest absolute Gasteiger partial charge is 0.250 e. The lowest BCUT2D eigenvalue weighted by Crippen LogP contribution is -2.27. The Bertz CT molecular complexity index is 602. The fraction of sp³-hybridized carbons (Fsp3) is 0.182. The zero-order valence-electron chi connectivity index (χ0n) is 8.60. The third-order valence-electron chi connectivity index (χ3n) is 2.52. The molecule has 3 heterocycles. The molecule has 5 heteroatoms. The molecule has 0 saturated heterocycles. The van der Waals surface area contributed by atoms with Gasteiger partial charge < -0.3 is 5.32 Å². The lowest BCUT2D eigenvalue weighted by Gasteiger charge is -2.00. The van der Waals surface area contributed by atoms with Crippen molar-refractivity contribution < 1.29 is 4.79 Å². The Hall–Kier alpha value is -1.75. The van der Waals surface area contributed by atoms with E-state index < -0.39 is 0 Å². The van der Waals surface area contributed by atoms with Crippen molar-refractivity contribution in [3.05, 3.63) is 29.3 Å². The standard InChI is InChI=1S/C11H9N3OS/c1-6-11(15)14-10(13-6)7-4-9-8(12-5-7)2-3-16-9/h2-6H,1H3,(H,13,14,15). The van der Waals surface area contributed by atoms with Gasteiger partial charge in [0.2, 0.25) is 5.91 Å². The third-order valence-corrected chi connectivity index (χ3v) is 3.37. The van der Waals surface area contributed by atoms with E-state index in [-0.39, 0.29) is 11.9 Å². The van der Waals surface area contributed by atoms with E-state index in [0.29, 0.717) is 5.84 Å². The Morgan fingerprint density at radius 3 is 3.12 bits per heavy atom. The van der Waals surface area contributed by atoms with Crippen molar-refractivity contribution in [2.24, 2.45) is 4.99 Å². The highest BCUT2D eigenvalue weighted by Gasteiger charge is 2.22. The molecule has 1 aliphatic heterocycles. The molecule has 0 saturated carbocycles. The second kappa shape index (κ2) is 3.38. The summed E-state index contributed by atoms with van der Waals surface area (Å²) in [7, 11) is 0. The number of amides is 1. The zero-order chi connectivity index (χ0) is 11.1. The highest BCUT2D eigenvalue weighted by Crippen LogP contribution is 2.20. The summed E-state index contributed by atoms with van der Waals surface area (Å²) < 4.78 is 1.11. The van der Waals surface area contributed by atoms with Gasteiger partial charge in [0.05, 0.1) is 10.2 Å². The molecule has 0 bridgehead atoms. The summed E-state index contributed by atoms with van der Waals surface area (Å²) in [6, 6.07) is 3.68. The molecule has 80 valence electrons. The van der Waals surface area contributed by atoms with Crippen LogP contribution in [0, 0.1) is 0 Å². The van der Waals surface area contributed by atoms with E-state index in [0.717, 1.165) is 15.8 Å². The Morgan fingerprint density at radius 1 is 1.50 bits per heavy atom. The van der Waals surface area contributed by atoms with Crippen LogP contribution >= 0.6 is 11.3 Å². The number of pyridine rings is 1. The maximum Gasteiger partial charge on any atom is 0.250 e. The van der Waals surface area contributed by atoms with Crippen molar-refractivity contribution in [2.75, 3.05) is 0 Å². The van der Waals surface area contributed by atoms with E-state index in [4.69, 9.17) is 0 Å². The predicted octanol–water partition coefficient (Wildman–Crippen LogP) is 1.56. The van der Waals surface area contributed by atoms with E-state index in [1.54, 1.807) is 24.5 Å². The molecule has 1 atom stereocenters. The fourth-order valence-electron chi connectivity index (χ4n) is 1.63. The monoisotopic (exact) mass is 231 g/mol. The van der Waals surface area contributed by atoms with Gasteiger partial charge in [0.25, 0.3) is 0 Å². The SMILES string of the molecule is CC1N=C(c2cnc3ccsc3c2)NC1=O. The minimum absolute atomic E-state index is 0.0544. The van der Waals surface area contributed by atoms with E-state index in [2.05, 4.69) is 15.3 Å². The van der Waals surface area contributed by atoms with Crippen LogP contribution in [0.5, 0.6) is 0 Å². The van der Waals surface area contributed by atoms with E-state index >= 15 is 0 Å². The number of aromatic nitrogens is 1. The lowest BCUT2D eigenvalue weighted by atomic mass is 10.2. The number of hydrogen-bond donors (Lipinski definition) is 1. The van der Waals surface area contributed by atoms with Gasteiger partial charge >= 0.3 is 0 Å². The minimum Gasteiger partial charge on any atom is -0.309 e. The van der Waals surface area contributed by atoms with Gasteiger partial charge in [0.15, 0.2) is 0 Å². The Labute approximate surface area is 96.0 Å². The molecule has 1 amide bonds. The van der Waals surface area contributed by atoms with Crippen LogP contribution in [-0.4, -0.2) is 22.8 Å². The molecule has 16 heavy (non-hydrogen) atoms. The van der Waals surface area contributed by atoms with Gasteiger partial charge in [-0.1, -0.05) is 0 Å². The first kappa shape index (κ1) is 9.47. The summed E-state index contributed by atoms with van der Waals surface area (Å²) in [4.78, 5) is 19.9. The number of carbonyl (C=O) groups is 1. The molecule has 0 aromatic carbocycles. The molecule has 0 aliphatic carbocycles. The molecule has 4 nitrogen and oxygen atoms in total. The van der Waals surface area contributed by atoms with Gasteiger partial charge in [0.1, 0.15) is 11.9 Å². The largest absolute Gasteiger partial charge is 0.309 e. The van der Waals surface area contributed by atoms with Crippen LogP contribution in [0.15, 0.2) is 28.7 Å². The Kier molecular flexibility index (Phi) is 2.00. The number of nitrogens with one attached hydrogen (secondary N) is 1. The number of rotatable bonds is 1. The first-order valence-corrected chi connectivity index (χ1v) is 5.84. The quantitative estimate of drug-likeness (QED) is 0.809. The van der Waals surface area contributed by atoms with Crippen molar-refractivity contribution in [3.8, 4) is 0 Å². The van der Waals surface area contributed by atoms with E-state index in [1.165, 1.54) is 0 Å². The second-order valence-corrected chi connectivity index (χ2v) is 4.62. The Balaban J connectivity index is 2.06. The number of carbonyl (C=O) groups excluding carboxylic acids is 1. The van der Waals surface area contributed by atoms with Gasteiger partial charge in [-0.3, -0.25) is 14.8 Å². The van der Waals surface area contributed by atoms with Crippen LogP contribution in [-0.2, 0) is 4.79 Å². The maximum atomic E-state index is 11.3. The topological polar surface area (TPSA) is 54.4 Å². The molecular formula is C11H9N3OS. The molecule has 1 unspecified atom stereocenters. The number of nitrogens with zero attached hydrogens (tertiary/aromatic N) is 2. The maximum absolute atomic E-state index is 11.3. The summed E-state index contributed by atoms with van der Waals surface area (Å²) in [5.74, 6) is 0.571. The second-order valence-electron chi connectivity index (χ2n) is 3.67. The van der Waals surface area contributed by atoms with Gasteiger partial charge in [-0.25, -0.2) is 0 Å². The molecule has 3 rings (SSSR count). The average Bonchev–Trinajstić information content (AvgIpc) is 2.85. The molecule has 1 aliphatic rings. The van der Waals surface area contributed by atoms with Gasteiger partial charge in [-0.15, -0.1) is 11.3 Å². The summed E-state index contributed by atoms with van der Waals surface area (Å²) in [5.41, 5.74) is 1.85. The first-order valence-electron chi connectivity index (χ1n) is 4.96.